The molecule has 2 aromatic carbocycles. The van der Waals surface area contributed by atoms with Crippen LogP contribution in [0.3, 0.4) is 0 Å². The van der Waals surface area contributed by atoms with Crippen LogP contribution in [0.15, 0.2) is 41.3 Å². The third kappa shape index (κ3) is 2.82. The number of halogens is 2. The number of sulfonamides is 1. The number of fused-ring (bicyclic) bond motifs is 1. The zero-order valence-corrected chi connectivity index (χ0v) is 12.0. The third-order valence-corrected chi connectivity index (χ3v) is 4.36. The molecule has 0 bridgehead atoms. The van der Waals surface area contributed by atoms with E-state index in [1.165, 1.54) is 18.2 Å². The van der Waals surface area contributed by atoms with Gasteiger partial charge in [-0.25, -0.2) is 17.2 Å². The Hall–Kier alpha value is -2.35. The average Bonchev–Trinajstić information content (AvgIpc) is 2.49. The van der Waals surface area contributed by atoms with Gasteiger partial charge in [-0.05, 0) is 24.3 Å². The highest BCUT2D eigenvalue weighted by Gasteiger charge is 2.20. The normalized spacial score (nSPS) is 13.7. The van der Waals surface area contributed by atoms with E-state index in [1.807, 2.05) is 0 Å². The molecule has 0 aliphatic carbocycles. The minimum absolute atomic E-state index is 0.111. The van der Waals surface area contributed by atoms with E-state index in [1.54, 1.807) is 0 Å². The fraction of sp³-hybridized carbons (Fsp3) is 0.143. The molecule has 0 amide bonds. The summed E-state index contributed by atoms with van der Waals surface area (Å²) in [5, 5.41) is 0. The number of rotatable bonds is 3. The molecular formula is C14H11F2NO4S. The van der Waals surface area contributed by atoms with E-state index >= 15 is 0 Å². The number of hydrogen-bond donors (Lipinski definition) is 1. The zero-order chi connectivity index (χ0) is 15.7. The minimum atomic E-state index is -4.03. The maximum absolute atomic E-state index is 13.6. The van der Waals surface area contributed by atoms with Crippen LogP contribution in [0.2, 0.25) is 0 Å². The summed E-state index contributed by atoms with van der Waals surface area (Å²) in [5.41, 5.74) is -0.337. The van der Waals surface area contributed by atoms with Crippen LogP contribution >= 0.6 is 0 Å². The van der Waals surface area contributed by atoms with Crippen molar-refractivity contribution in [1.29, 1.82) is 0 Å². The minimum Gasteiger partial charge on any atom is -0.486 e. The fourth-order valence-electron chi connectivity index (χ4n) is 1.97. The van der Waals surface area contributed by atoms with Gasteiger partial charge in [-0.3, -0.25) is 4.72 Å². The summed E-state index contributed by atoms with van der Waals surface area (Å²) in [6.07, 6.45) is 0. The molecule has 0 saturated heterocycles. The Balaban J connectivity index is 1.92. The molecule has 1 aliphatic heterocycles. The van der Waals surface area contributed by atoms with Gasteiger partial charge in [-0.1, -0.05) is 0 Å². The van der Waals surface area contributed by atoms with Gasteiger partial charge in [-0.15, -0.1) is 0 Å². The first kappa shape index (κ1) is 14.6. The number of hydrogen-bond acceptors (Lipinski definition) is 4. The van der Waals surface area contributed by atoms with E-state index in [9.17, 15) is 17.2 Å². The molecular weight excluding hydrogens is 316 g/mol. The van der Waals surface area contributed by atoms with Crippen LogP contribution in [0, 0.1) is 11.6 Å². The Morgan fingerprint density at radius 1 is 0.955 bits per heavy atom. The van der Waals surface area contributed by atoms with Crippen molar-refractivity contribution in [3.05, 3.63) is 48.0 Å². The molecule has 0 spiro atoms. The smallest absolute Gasteiger partial charge is 0.262 e. The Labute approximate surface area is 125 Å². The first-order valence-electron chi connectivity index (χ1n) is 6.33. The molecule has 1 heterocycles. The standard InChI is InChI=1S/C14H11F2NO4S/c15-9-1-3-12(11(16)7-9)17-22(18,19)10-2-4-13-14(8-10)21-6-5-20-13/h1-4,7-8,17H,5-6H2. The van der Waals surface area contributed by atoms with Crippen LogP contribution in [0.4, 0.5) is 14.5 Å². The molecule has 5 nitrogen and oxygen atoms in total. The second-order valence-electron chi connectivity index (χ2n) is 4.54. The summed E-state index contributed by atoms with van der Waals surface area (Å²) in [6, 6.07) is 6.65. The van der Waals surface area contributed by atoms with Gasteiger partial charge < -0.3 is 9.47 Å². The number of ether oxygens (including phenoxy) is 2. The first-order valence-corrected chi connectivity index (χ1v) is 7.81. The van der Waals surface area contributed by atoms with Gasteiger partial charge in [0.2, 0.25) is 0 Å². The fourth-order valence-corrected chi connectivity index (χ4v) is 3.05. The summed E-state index contributed by atoms with van der Waals surface area (Å²) < 4.78 is 63.6. The summed E-state index contributed by atoms with van der Waals surface area (Å²) in [6.45, 7) is 0.703. The molecule has 3 rings (SSSR count). The summed E-state index contributed by atoms with van der Waals surface area (Å²) in [5.74, 6) is -1.05. The lowest BCUT2D eigenvalue weighted by atomic mass is 10.3. The monoisotopic (exact) mass is 327 g/mol. The van der Waals surface area contributed by atoms with Crippen molar-refractivity contribution >= 4 is 15.7 Å². The van der Waals surface area contributed by atoms with Crippen molar-refractivity contribution < 1.29 is 26.7 Å². The summed E-state index contributed by atoms with van der Waals surface area (Å²) in [7, 11) is -4.03. The van der Waals surface area contributed by atoms with Crippen LogP contribution in [0.25, 0.3) is 0 Å². The Morgan fingerprint density at radius 3 is 2.41 bits per heavy atom. The maximum atomic E-state index is 13.6. The second kappa shape index (κ2) is 5.45. The SMILES string of the molecule is O=S(=O)(Nc1ccc(F)cc1F)c1ccc2c(c1)OCCO2. The van der Waals surface area contributed by atoms with E-state index < -0.39 is 21.7 Å². The molecule has 8 heteroatoms. The van der Waals surface area contributed by atoms with Crippen LogP contribution in [0.1, 0.15) is 0 Å². The number of anilines is 1. The average molecular weight is 327 g/mol. The highest BCUT2D eigenvalue weighted by atomic mass is 32.2. The van der Waals surface area contributed by atoms with Crippen LogP contribution < -0.4 is 14.2 Å². The van der Waals surface area contributed by atoms with Gasteiger partial charge >= 0.3 is 0 Å². The molecule has 22 heavy (non-hydrogen) atoms. The van der Waals surface area contributed by atoms with E-state index in [0.717, 1.165) is 12.1 Å². The summed E-state index contributed by atoms with van der Waals surface area (Å²) in [4.78, 5) is -0.111. The van der Waals surface area contributed by atoms with E-state index in [4.69, 9.17) is 9.47 Å². The second-order valence-corrected chi connectivity index (χ2v) is 6.22. The van der Waals surface area contributed by atoms with Crippen molar-refractivity contribution in [1.82, 2.24) is 0 Å². The molecule has 0 unspecified atom stereocenters. The maximum Gasteiger partial charge on any atom is 0.262 e. The molecule has 2 aromatic rings. The Kier molecular flexibility index (Phi) is 3.61. The van der Waals surface area contributed by atoms with Gasteiger partial charge in [0.1, 0.15) is 24.8 Å². The molecule has 0 radical (unpaired) electrons. The van der Waals surface area contributed by atoms with Crippen molar-refractivity contribution in [3.63, 3.8) is 0 Å². The highest BCUT2D eigenvalue weighted by molar-refractivity contribution is 7.92. The van der Waals surface area contributed by atoms with E-state index in [-0.39, 0.29) is 10.6 Å². The zero-order valence-electron chi connectivity index (χ0n) is 11.2. The molecule has 116 valence electrons. The predicted molar refractivity (Wildman–Crippen MR) is 74.6 cm³/mol. The molecule has 1 N–H and O–H groups in total. The quantitative estimate of drug-likeness (QED) is 0.941. The van der Waals surface area contributed by atoms with E-state index in [0.29, 0.717) is 30.8 Å². The largest absolute Gasteiger partial charge is 0.486 e. The van der Waals surface area contributed by atoms with Gasteiger partial charge in [-0.2, -0.15) is 0 Å². The van der Waals surface area contributed by atoms with Crippen molar-refractivity contribution in [3.8, 4) is 11.5 Å². The highest BCUT2D eigenvalue weighted by Crippen LogP contribution is 2.32. The van der Waals surface area contributed by atoms with Crippen LogP contribution in [0.5, 0.6) is 11.5 Å². The Morgan fingerprint density at radius 2 is 1.68 bits per heavy atom. The third-order valence-electron chi connectivity index (χ3n) is 3.00. The van der Waals surface area contributed by atoms with Crippen LogP contribution in [-0.2, 0) is 10.0 Å². The molecule has 0 fully saturated rings. The molecule has 0 saturated carbocycles. The Bertz CT molecular complexity index is 824. The predicted octanol–water partition coefficient (Wildman–Crippen LogP) is 2.54. The number of nitrogens with one attached hydrogen (secondary N) is 1. The van der Waals surface area contributed by atoms with Crippen molar-refractivity contribution in [2.45, 2.75) is 4.90 Å². The molecule has 0 aromatic heterocycles. The lowest BCUT2D eigenvalue weighted by Crippen LogP contribution is -2.17. The van der Waals surface area contributed by atoms with E-state index in [2.05, 4.69) is 4.72 Å². The van der Waals surface area contributed by atoms with Gasteiger partial charge in [0.15, 0.2) is 11.5 Å². The summed E-state index contributed by atoms with van der Waals surface area (Å²) >= 11 is 0. The van der Waals surface area contributed by atoms with Crippen LogP contribution in [-0.4, -0.2) is 21.6 Å². The topological polar surface area (TPSA) is 64.6 Å². The lowest BCUT2D eigenvalue weighted by Gasteiger charge is -2.19. The first-order chi connectivity index (χ1) is 10.5. The van der Waals surface area contributed by atoms with Gasteiger partial charge in [0.25, 0.3) is 10.0 Å². The molecule has 0 atom stereocenters. The molecule has 1 aliphatic rings. The van der Waals surface area contributed by atoms with Gasteiger partial charge in [0, 0.05) is 12.1 Å². The van der Waals surface area contributed by atoms with Gasteiger partial charge in [0.05, 0.1) is 10.6 Å². The number of benzene rings is 2. The lowest BCUT2D eigenvalue weighted by molar-refractivity contribution is 0.171. The van der Waals surface area contributed by atoms with Crippen molar-refractivity contribution in [2.75, 3.05) is 17.9 Å². The van der Waals surface area contributed by atoms with Crippen molar-refractivity contribution in [2.24, 2.45) is 0 Å².